The summed E-state index contributed by atoms with van der Waals surface area (Å²) >= 11 is 6.32. The molecule has 0 bridgehead atoms. The second-order valence-electron chi connectivity index (χ2n) is 11.2. The average Bonchev–Trinajstić information content (AvgIpc) is 3.80. The molecule has 2 heterocycles. The van der Waals surface area contributed by atoms with E-state index in [1.807, 2.05) is 61.5 Å². The lowest BCUT2D eigenvalue weighted by atomic mass is 9.92. The zero-order valence-corrected chi connectivity index (χ0v) is 25.3. The zero-order valence-electron chi connectivity index (χ0n) is 23.8. The number of amides is 1. The molecule has 0 radical (unpaired) electrons. The molecule has 2 atom stereocenters. The summed E-state index contributed by atoms with van der Waals surface area (Å²) in [5, 5.41) is 11.6. The molecule has 1 saturated carbocycles. The van der Waals surface area contributed by atoms with Crippen molar-refractivity contribution in [2.45, 2.75) is 50.0 Å². The Morgan fingerprint density at radius 1 is 1.09 bits per heavy atom. The first-order chi connectivity index (χ1) is 20.7. The molecule has 9 nitrogen and oxygen atoms in total. The number of halogens is 1. The van der Waals surface area contributed by atoms with Gasteiger partial charge in [0.2, 0.25) is 10.0 Å². The van der Waals surface area contributed by atoms with Gasteiger partial charge in [-0.15, -0.1) is 0 Å². The van der Waals surface area contributed by atoms with Crippen LogP contribution in [-0.4, -0.2) is 60.6 Å². The van der Waals surface area contributed by atoms with Crippen LogP contribution in [0.4, 0.5) is 4.79 Å². The summed E-state index contributed by atoms with van der Waals surface area (Å²) in [4.78, 5) is 18.8. The lowest BCUT2D eigenvalue weighted by Crippen LogP contribution is -2.42. The smallest absolute Gasteiger partial charge is 0.416 e. The van der Waals surface area contributed by atoms with E-state index in [1.54, 1.807) is 17.0 Å². The molecule has 1 aliphatic heterocycles. The Bertz CT molecular complexity index is 1720. The van der Waals surface area contributed by atoms with Gasteiger partial charge in [0.25, 0.3) is 0 Å². The number of carbonyl (C=O) groups excluding carboxylic acids is 1. The molecule has 1 amide bonds. The molecule has 0 saturated heterocycles. The molecule has 6 rings (SSSR count). The van der Waals surface area contributed by atoms with Crippen molar-refractivity contribution in [2.75, 3.05) is 19.7 Å². The molecule has 3 N–H and O–H groups in total. The van der Waals surface area contributed by atoms with E-state index < -0.39 is 28.3 Å². The van der Waals surface area contributed by atoms with Crippen molar-refractivity contribution >= 4 is 38.6 Å². The standard InChI is InChI=1S/C32H34ClN3O6S/c1-20-2-7-25(8-3-20)42-32(38)36-16-14-27-28-18-22(33)6-13-29(28)35-30(27)31(36)21-4-9-24(10-5-21)41-17-15-23(37)19-34-43(39,40)26-11-12-26/h2-10,13,18,23,26,31,34-35,37H,11-12,14-17,19H2,1H3/t23?,31-/m0/s1. The van der Waals surface area contributed by atoms with Gasteiger partial charge >= 0.3 is 6.09 Å². The first kappa shape index (κ1) is 29.5. The van der Waals surface area contributed by atoms with Gasteiger partial charge < -0.3 is 19.6 Å². The number of hydrogen-bond donors (Lipinski definition) is 3. The maximum Gasteiger partial charge on any atom is 0.416 e. The van der Waals surface area contributed by atoms with Gasteiger partial charge in [-0.05, 0) is 79.8 Å². The van der Waals surface area contributed by atoms with Crippen LogP contribution in [0.3, 0.4) is 0 Å². The predicted molar refractivity (Wildman–Crippen MR) is 165 cm³/mol. The molecule has 1 aliphatic carbocycles. The minimum atomic E-state index is -3.33. The number of aromatic amines is 1. The number of H-pyrrole nitrogens is 1. The molecule has 3 aromatic carbocycles. The van der Waals surface area contributed by atoms with Crippen molar-refractivity contribution < 1.29 is 27.8 Å². The average molecular weight is 624 g/mol. The molecular formula is C32H34ClN3O6S. The van der Waals surface area contributed by atoms with Crippen LogP contribution in [0.15, 0.2) is 66.7 Å². The molecule has 1 unspecified atom stereocenters. The Morgan fingerprint density at radius 2 is 1.81 bits per heavy atom. The largest absolute Gasteiger partial charge is 0.493 e. The molecule has 43 heavy (non-hydrogen) atoms. The SMILES string of the molecule is Cc1ccc(OC(=O)N2CCc3c([nH]c4ccc(Cl)cc34)[C@@H]2c2ccc(OCCC(O)CNS(=O)(=O)C3CC3)cc2)cc1. The van der Waals surface area contributed by atoms with Crippen LogP contribution in [0.1, 0.15) is 47.7 Å². The monoisotopic (exact) mass is 623 g/mol. The fourth-order valence-electron chi connectivity index (χ4n) is 5.44. The third-order valence-electron chi connectivity index (χ3n) is 7.95. The van der Waals surface area contributed by atoms with Crippen molar-refractivity contribution in [1.82, 2.24) is 14.6 Å². The number of ether oxygens (including phenoxy) is 2. The van der Waals surface area contributed by atoms with Gasteiger partial charge in [-0.25, -0.2) is 17.9 Å². The third kappa shape index (κ3) is 6.67. The molecule has 2 aliphatic rings. The highest BCUT2D eigenvalue weighted by molar-refractivity contribution is 7.90. The van der Waals surface area contributed by atoms with Crippen LogP contribution in [0.5, 0.6) is 11.5 Å². The van der Waals surface area contributed by atoms with E-state index in [2.05, 4.69) is 9.71 Å². The summed E-state index contributed by atoms with van der Waals surface area (Å²) in [6.45, 7) is 2.63. The summed E-state index contributed by atoms with van der Waals surface area (Å²) in [7, 11) is -3.33. The molecule has 0 spiro atoms. The van der Waals surface area contributed by atoms with E-state index in [4.69, 9.17) is 21.1 Å². The van der Waals surface area contributed by atoms with Gasteiger partial charge in [0.05, 0.1) is 18.0 Å². The summed E-state index contributed by atoms with van der Waals surface area (Å²) < 4.78 is 38.0. The summed E-state index contributed by atoms with van der Waals surface area (Å²) in [5.74, 6) is 1.08. The van der Waals surface area contributed by atoms with E-state index in [0.717, 1.165) is 33.3 Å². The van der Waals surface area contributed by atoms with E-state index in [0.29, 0.717) is 42.3 Å². The van der Waals surface area contributed by atoms with Gasteiger partial charge in [0.15, 0.2) is 0 Å². The second-order valence-corrected chi connectivity index (χ2v) is 13.7. The van der Waals surface area contributed by atoms with E-state index in [9.17, 15) is 18.3 Å². The minimum Gasteiger partial charge on any atom is -0.493 e. The quantitative estimate of drug-likeness (QED) is 0.215. The van der Waals surface area contributed by atoms with Crippen LogP contribution in [-0.2, 0) is 16.4 Å². The molecule has 1 fully saturated rings. The zero-order chi connectivity index (χ0) is 30.1. The number of fused-ring (bicyclic) bond motifs is 3. The van der Waals surface area contributed by atoms with Gasteiger partial charge in [-0.2, -0.15) is 0 Å². The highest BCUT2D eigenvalue weighted by Crippen LogP contribution is 2.40. The number of nitrogens with zero attached hydrogens (tertiary/aromatic N) is 1. The fraction of sp³-hybridized carbons (Fsp3) is 0.344. The maximum absolute atomic E-state index is 13.5. The number of aliphatic hydroxyl groups excluding tert-OH is 1. The number of sulfonamides is 1. The topological polar surface area (TPSA) is 121 Å². The predicted octanol–water partition coefficient (Wildman–Crippen LogP) is 5.49. The first-order valence-corrected chi connectivity index (χ1v) is 16.3. The van der Waals surface area contributed by atoms with Gasteiger partial charge in [0, 0.05) is 41.1 Å². The fourth-order valence-corrected chi connectivity index (χ4v) is 7.03. The highest BCUT2D eigenvalue weighted by atomic mass is 35.5. The molecular weight excluding hydrogens is 590 g/mol. The lowest BCUT2D eigenvalue weighted by Gasteiger charge is -2.35. The number of nitrogens with one attached hydrogen (secondary N) is 2. The summed E-state index contributed by atoms with van der Waals surface area (Å²) in [6.07, 6.45) is 0.979. The number of benzene rings is 3. The van der Waals surface area contributed by atoms with Crippen LogP contribution in [0.25, 0.3) is 10.9 Å². The highest BCUT2D eigenvalue weighted by Gasteiger charge is 2.36. The number of aliphatic hydroxyl groups is 1. The Morgan fingerprint density at radius 3 is 2.53 bits per heavy atom. The molecule has 226 valence electrons. The third-order valence-corrected chi connectivity index (χ3v) is 10.1. The second kappa shape index (κ2) is 12.2. The van der Waals surface area contributed by atoms with Gasteiger partial charge in [-0.1, -0.05) is 41.4 Å². The van der Waals surface area contributed by atoms with Gasteiger partial charge in [0.1, 0.15) is 17.5 Å². The summed E-state index contributed by atoms with van der Waals surface area (Å²) in [5.41, 5.74) is 4.93. The van der Waals surface area contributed by atoms with E-state index in [1.165, 1.54) is 0 Å². The van der Waals surface area contributed by atoms with Crippen molar-refractivity contribution in [3.8, 4) is 11.5 Å². The lowest BCUT2D eigenvalue weighted by molar-refractivity contribution is 0.135. The number of hydrogen-bond acceptors (Lipinski definition) is 6. The summed E-state index contributed by atoms with van der Waals surface area (Å²) in [6, 6.07) is 20.2. The number of carbonyl (C=O) groups is 1. The van der Waals surface area contributed by atoms with E-state index in [-0.39, 0.29) is 24.8 Å². The van der Waals surface area contributed by atoms with Gasteiger partial charge in [-0.3, -0.25) is 4.90 Å². The van der Waals surface area contributed by atoms with Crippen molar-refractivity contribution in [3.05, 3.63) is 94.1 Å². The Balaban J connectivity index is 1.18. The van der Waals surface area contributed by atoms with Crippen LogP contribution < -0.4 is 14.2 Å². The van der Waals surface area contributed by atoms with Crippen molar-refractivity contribution in [1.29, 1.82) is 0 Å². The molecule has 1 aromatic heterocycles. The Kier molecular flexibility index (Phi) is 8.37. The van der Waals surface area contributed by atoms with Crippen molar-refractivity contribution in [2.24, 2.45) is 0 Å². The maximum atomic E-state index is 13.5. The van der Waals surface area contributed by atoms with Crippen molar-refractivity contribution in [3.63, 3.8) is 0 Å². The Hall–Kier alpha value is -3.57. The van der Waals surface area contributed by atoms with E-state index >= 15 is 0 Å². The normalized spacial score (nSPS) is 17.5. The van der Waals surface area contributed by atoms with Crippen LogP contribution in [0.2, 0.25) is 5.02 Å². The van der Waals surface area contributed by atoms with Crippen LogP contribution >= 0.6 is 11.6 Å². The Labute approximate surface area is 255 Å². The number of aryl methyl sites for hydroxylation is 1. The van der Waals surface area contributed by atoms with Crippen LogP contribution in [0, 0.1) is 6.92 Å². The minimum absolute atomic E-state index is 0.0324. The first-order valence-electron chi connectivity index (χ1n) is 14.4. The number of rotatable bonds is 10. The molecule has 11 heteroatoms. The molecule has 4 aromatic rings. The number of aromatic nitrogens is 1.